The minimum absolute atomic E-state index is 0.162. The Labute approximate surface area is 131 Å². The van der Waals surface area contributed by atoms with Crippen molar-refractivity contribution in [1.82, 2.24) is 4.90 Å². The van der Waals surface area contributed by atoms with E-state index in [-0.39, 0.29) is 12.0 Å². The smallest absolute Gasteiger partial charge is 0.251 e. The molecule has 2 heterocycles. The van der Waals surface area contributed by atoms with Gasteiger partial charge in [0.2, 0.25) is 0 Å². The molecule has 1 aromatic carbocycles. The number of rotatable bonds is 3. The third-order valence-corrected chi connectivity index (χ3v) is 5.86. The first-order valence-electron chi connectivity index (χ1n) is 7.87. The lowest BCUT2D eigenvalue weighted by atomic mass is 10.1. The van der Waals surface area contributed by atoms with Crippen LogP contribution in [-0.4, -0.2) is 41.9 Å². The van der Waals surface area contributed by atoms with Crippen LogP contribution in [0.5, 0.6) is 0 Å². The van der Waals surface area contributed by atoms with Gasteiger partial charge in [0.1, 0.15) is 6.10 Å². The van der Waals surface area contributed by atoms with Crippen molar-refractivity contribution in [1.29, 1.82) is 0 Å². The second-order valence-electron chi connectivity index (χ2n) is 5.91. The Morgan fingerprint density at radius 3 is 2.67 bits per heavy atom. The Hall–Kier alpha value is -1.00. The van der Waals surface area contributed by atoms with Crippen LogP contribution in [0, 0.1) is 6.92 Å². The Morgan fingerprint density at radius 1 is 1.24 bits per heavy atom. The first-order chi connectivity index (χ1) is 10.2. The van der Waals surface area contributed by atoms with E-state index in [1.807, 2.05) is 16.7 Å². The largest absolute Gasteiger partial charge is 0.368 e. The molecule has 21 heavy (non-hydrogen) atoms. The maximum absolute atomic E-state index is 12.3. The van der Waals surface area contributed by atoms with E-state index in [1.54, 1.807) is 0 Å². The zero-order valence-electron chi connectivity index (χ0n) is 12.6. The summed E-state index contributed by atoms with van der Waals surface area (Å²) in [5, 5.41) is 0.625. The van der Waals surface area contributed by atoms with Gasteiger partial charge in [-0.25, -0.2) is 0 Å². The van der Waals surface area contributed by atoms with Gasteiger partial charge in [0.25, 0.3) is 5.91 Å². The van der Waals surface area contributed by atoms with E-state index in [0.29, 0.717) is 5.25 Å². The summed E-state index contributed by atoms with van der Waals surface area (Å²) in [6.07, 6.45) is 3.92. The fourth-order valence-corrected chi connectivity index (χ4v) is 4.26. The van der Waals surface area contributed by atoms with Crippen LogP contribution in [0.2, 0.25) is 0 Å². The van der Waals surface area contributed by atoms with Crippen molar-refractivity contribution in [3.8, 4) is 0 Å². The molecule has 4 heteroatoms. The predicted molar refractivity (Wildman–Crippen MR) is 85.6 cm³/mol. The Kier molecular flexibility index (Phi) is 4.86. The van der Waals surface area contributed by atoms with Gasteiger partial charge in [0, 0.05) is 29.8 Å². The highest BCUT2D eigenvalue weighted by Gasteiger charge is 2.31. The lowest BCUT2D eigenvalue weighted by molar-refractivity contribution is -0.141. The SMILES string of the molecule is Cc1ccccc1SC1CCN(C(=O)[C@H]2CCCO2)CC1. The van der Waals surface area contributed by atoms with E-state index in [1.165, 1.54) is 10.5 Å². The quantitative estimate of drug-likeness (QED) is 0.858. The highest BCUT2D eigenvalue weighted by atomic mass is 32.2. The van der Waals surface area contributed by atoms with E-state index in [2.05, 4.69) is 31.2 Å². The van der Waals surface area contributed by atoms with Crippen LogP contribution in [0.25, 0.3) is 0 Å². The minimum Gasteiger partial charge on any atom is -0.368 e. The van der Waals surface area contributed by atoms with E-state index in [4.69, 9.17) is 4.74 Å². The number of piperidine rings is 1. The highest BCUT2D eigenvalue weighted by molar-refractivity contribution is 8.00. The van der Waals surface area contributed by atoms with Crippen LogP contribution in [0.1, 0.15) is 31.2 Å². The van der Waals surface area contributed by atoms with Crippen LogP contribution in [0.3, 0.4) is 0 Å². The molecule has 3 nitrogen and oxygen atoms in total. The molecule has 0 spiro atoms. The Morgan fingerprint density at radius 2 is 2.00 bits per heavy atom. The summed E-state index contributed by atoms with van der Waals surface area (Å²) in [5.74, 6) is 0.215. The first-order valence-corrected chi connectivity index (χ1v) is 8.74. The third kappa shape index (κ3) is 3.61. The van der Waals surface area contributed by atoms with Crippen LogP contribution < -0.4 is 0 Å². The normalized spacial score (nSPS) is 23.5. The summed E-state index contributed by atoms with van der Waals surface area (Å²) >= 11 is 1.97. The third-order valence-electron chi connectivity index (χ3n) is 4.35. The molecule has 2 fully saturated rings. The second kappa shape index (κ2) is 6.84. The standard InChI is InChI=1S/C17H23NO2S/c1-13-5-2-3-7-16(13)21-14-8-10-18(11-9-14)17(19)15-6-4-12-20-15/h2-3,5,7,14-15H,4,6,8-12H2,1H3/t15-/m1/s1. The van der Waals surface area contributed by atoms with Gasteiger partial charge in [-0.2, -0.15) is 0 Å². The molecule has 0 aromatic heterocycles. The van der Waals surface area contributed by atoms with Crippen LogP contribution in [0.4, 0.5) is 0 Å². The van der Waals surface area contributed by atoms with Crippen LogP contribution >= 0.6 is 11.8 Å². The second-order valence-corrected chi connectivity index (χ2v) is 7.25. The number of nitrogens with zero attached hydrogens (tertiary/aromatic N) is 1. The Bertz CT molecular complexity index is 491. The van der Waals surface area contributed by atoms with E-state index >= 15 is 0 Å². The van der Waals surface area contributed by atoms with Gasteiger partial charge in [0.15, 0.2) is 0 Å². The monoisotopic (exact) mass is 305 g/mol. The van der Waals surface area contributed by atoms with E-state index < -0.39 is 0 Å². The summed E-state index contributed by atoms with van der Waals surface area (Å²) in [6.45, 7) is 4.67. The number of likely N-dealkylation sites (tertiary alicyclic amines) is 1. The number of ether oxygens (including phenoxy) is 1. The zero-order chi connectivity index (χ0) is 14.7. The fraction of sp³-hybridized carbons (Fsp3) is 0.588. The van der Waals surface area contributed by atoms with E-state index in [9.17, 15) is 4.79 Å². The van der Waals surface area contributed by atoms with Crippen molar-refractivity contribution in [2.24, 2.45) is 0 Å². The van der Waals surface area contributed by atoms with Crippen molar-refractivity contribution in [3.05, 3.63) is 29.8 Å². The summed E-state index contributed by atoms with van der Waals surface area (Å²) in [6, 6.07) is 8.55. The molecule has 0 unspecified atom stereocenters. The van der Waals surface area contributed by atoms with Crippen molar-refractivity contribution in [2.75, 3.05) is 19.7 Å². The van der Waals surface area contributed by atoms with Crippen LogP contribution in [0.15, 0.2) is 29.2 Å². The molecule has 0 bridgehead atoms. The molecule has 114 valence electrons. The lowest BCUT2D eigenvalue weighted by Crippen LogP contribution is -2.44. The number of thioether (sulfide) groups is 1. The average molecular weight is 305 g/mol. The predicted octanol–water partition coefficient (Wildman–Crippen LogP) is 3.26. The van der Waals surface area contributed by atoms with Gasteiger partial charge in [0.05, 0.1) is 0 Å². The molecule has 2 aliphatic heterocycles. The number of carbonyl (C=O) groups is 1. The molecule has 0 radical (unpaired) electrons. The highest BCUT2D eigenvalue weighted by Crippen LogP contribution is 2.32. The number of hydrogen-bond acceptors (Lipinski definition) is 3. The van der Waals surface area contributed by atoms with Gasteiger partial charge in [-0.15, -0.1) is 11.8 Å². The molecule has 0 aliphatic carbocycles. The molecule has 2 saturated heterocycles. The molecular weight excluding hydrogens is 282 g/mol. The average Bonchev–Trinajstić information content (AvgIpc) is 3.04. The van der Waals surface area contributed by atoms with Gasteiger partial charge in [-0.1, -0.05) is 18.2 Å². The maximum atomic E-state index is 12.3. The molecule has 1 atom stereocenters. The lowest BCUT2D eigenvalue weighted by Gasteiger charge is -2.33. The summed E-state index contributed by atoms with van der Waals surface area (Å²) in [5.41, 5.74) is 1.35. The molecule has 0 N–H and O–H groups in total. The summed E-state index contributed by atoms with van der Waals surface area (Å²) in [7, 11) is 0. The maximum Gasteiger partial charge on any atom is 0.251 e. The summed E-state index contributed by atoms with van der Waals surface area (Å²) < 4.78 is 5.51. The molecule has 0 saturated carbocycles. The van der Waals surface area contributed by atoms with Gasteiger partial charge in [-0.3, -0.25) is 4.79 Å². The molecule has 2 aliphatic rings. The minimum atomic E-state index is -0.162. The molecule has 3 rings (SSSR count). The summed E-state index contributed by atoms with van der Waals surface area (Å²) in [4.78, 5) is 15.7. The number of hydrogen-bond donors (Lipinski definition) is 0. The fourth-order valence-electron chi connectivity index (χ4n) is 3.04. The van der Waals surface area contributed by atoms with Crippen LogP contribution in [-0.2, 0) is 9.53 Å². The number of aryl methyl sites for hydroxylation is 1. The van der Waals surface area contributed by atoms with Gasteiger partial charge >= 0.3 is 0 Å². The van der Waals surface area contributed by atoms with Crippen molar-refractivity contribution in [2.45, 2.75) is 48.9 Å². The van der Waals surface area contributed by atoms with Crippen molar-refractivity contribution < 1.29 is 9.53 Å². The number of benzene rings is 1. The number of carbonyl (C=O) groups excluding carboxylic acids is 1. The molecule has 1 aromatic rings. The van der Waals surface area contributed by atoms with Gasteiger partial charge < -0.3 is 9.64 Å². The molecule has 1 amide bonds. The first kappa shape index (κ1) is 14.9. The zero-order valence-corrected chi connectivity index (χ0v) is 13.4. The van der Waals surface area contributed by atoms with Crippen molar-refractivity contribution >= 4 is 17.7 Å². The number of amides is 1. The van der Waals surface area contributed by atoms with Crippen molar-refractivity contribution in [3.63, 3.8) is 0 Å². The molecular formula is C17H23NO2S. The topological polar surface area (TPSA) is 29.5 Å². The Balaban J connectivity index is 1.51. The van der Waals surface area contributed by atoms with E-state index in [0.717, 1.165) is 45.4 Å². The van der Waals surface area contributed by atoms with Gasteiger partial charge in [-0.05, 0) is 44.2 Å².